The van der Waals surface area contributed by atoms with Crippen LogP contribution in [0.2, 0.25) is 0 Å². The molecule has 24 heavy (non-hydrogen) atoms. The van der Waals surface area contributed by atoms with Crippen molar-refractivity contribution >= 4 is 17.2 Å². The molecule has 2 aromatic rings. The van der Waals surface area contributed by atoms with E-state index in [0.29, 0.717) is 18.8 Å². The first-order valence-corrected chi connectivity index (χ1v) is 8.92. The van der Waals surface area contributed by atoms with Crippen molar-refractivity contribution in [2.24, 2.45) is 12.5 Å². The average Bonchev–Trinajstić information content (AvgIpc) is 3.23. The minimum atomic E-state index is -0.129. The minimum absolute atomic E-state index is 0.0118. The van der Waals surface area contributed by atoms with Gasteiger partial charge in [-0.25, -0.2) is 4.98 Å². The van der Waals surface area contributed by atoms with Gasteiger partial charge in [0.1, 0.15) is 10.7 Å². The number of ether oxygens (including phenoxy) is 1. The van der Waals surface area contributed by atoms with Crippen LogP contribution in [0.25, 0.3) is 10.6 Å². The smallest absolute Gasteiger partial charge is 0.270 e. The summed E-state index contributed by atoms with van der Waals surface area (Å²) in [6.45, 7) is 3.19. The van der Waals surface area contributed by atoms with Crippen LogP contribution in [0.4, 0.5) is 0 Å². The van der Waals surface area contributed by atoms with Crippen LogP contribution in [0.1, 0.15) is 23.3 Å². The lowest BCUT2D eigenvalue weighted by atomic mass is 9.79. The third kappa shape index (κ3) is 3.82. The van der Waals surface area contributed by atoms with Crippen molar-refractivity contribution in [2.75, 3.05) is 33.4 Å². The summed E-state index contributed by atoms with van der Waals surface area (Å²) in [7, 11) is 3.57. The molecule has 8 heteroatoms. The van der Waals surface area contributed by atoms with Gasteiger partial charge >= 0.3 is 0 Å². The molecule has 0 bridgehead atoms. The maximum Gasteiger partial charge on any atom is 0.270 e. The first kappa shape index (κ1) is 17.1. The molecule has 0 atom stereocenters. The fourth-order valence-corrected chi connectivity index (χ4v) is 3.81. The Morgan fingerprint density at radius 1 is 1.50 bits per heavy atom. The molecule has 0 radical (unpaired) electrons. The first-order chi connectivity index (χ1) is 11.6. The van der Waals surface area contributed by atoms with Crippen molar-refractivity contribution in [3.8, 4) is 10.6 Å². The number of nitrogens with one attached hydrogen (secondary N) is 2. The number of carbonyl (C=O) groups excluding carboxylic acids is 1. The minimum Gasteiger partial charge on any atom is -0.384 e. The molecule has 1 aliphatic heterocycles. The second kappa shape index (κ2) is 7.42. The third-order valence-electron chi connectivity index (χ3n) is 4.43. The number of piperidine rings is 1. The van der Waals surface area contributed by atoms with Crippen molar-refractivity contribution in [3.63, 3.8) is 0 Å². The predicted molar refractivity (Wildman–Crippen MR) is 93.1 cm³/mol. The molecule has 2 aromatic heterocycles. The van der Waals surface area contributed by atoms with Gasteiger partial charge < -0.3 is 15.4 Å². The number of amides is 1. The third-order valence-corrected chi connectivity index (χ3v) is 5.32. The Kier molecular flexibility index (Phi) is 5.27. The predicted octanol–water partition coefficient (Wildman–Crippen LogP) is 1.29. The molecule has 3 rings (SSSR count). The van der Waals surface area contributed by atoms with E-state index in [4.69, 9.17) is 4.74 Å². The maximum atomic E-state index is 12.4. The number of rotatable bonds is 6. The first-order valence-electron chi connectivity index (χ1n) is 8.04. The van der Waals surface area contributed by atoms with Crippen LogP contribution < -0.4 is 10.6 Å². The average molecular weight is 349 g/mol. The van der Waals surface area contributed by atoms with Gasteiger partial charge in [0.15, 0.2) is 0 Å². The Balaban J connectivity index is 1.63. The molecule has 1 aliphatic rings. The molecule has 7 nitrogen and oxygen atoms in total. The molecule has 2 N–H and O–H groups in total. The highest BCUT2D eigenvalue weighted by Gasteiger charge is 2.32. The highest BCUT2D eigenvalue weighted by atomic mass is 32.1. The summed E-state index contributed by atoms with van der Waals surface area (Å²) < 4.78 is 7.11. The van der Waals surface area contributed by atoms with Gasteiger partial charge in [-0.3, -0.25) is 9.48 Å². The fraction of sp³-hybridized carbons (Fsp3) is 0.562. The summed E-state index contributed by atoms with van der Waals surface area (Å²) in [4.78, 5) is 16.9. The van der Waals surface area contributed by atoms with E-state index >= 15 is 0 Å². The zero-order valence-corrected chi connectivity index (χ0v) is 14.9. The van der Waals surface area contributed by atoms with E-state index in [1.54, 1.807) is 23.4 Å². The van der Waals surface area contributed by atoms with Crippen LogP contribution in [0.5, 0.6) is 0 Å². The fourth-order valence-electron chi connectivity index (χ4n) is 3.04. The molecule has 1 amide bonds. The van der Waals surface area contributed by atoms with E-state index < -0.39 is 0 Å². The Labute approximate surface area is 145 Å². The van der Waals surface area contributed by atoms with E-state index in [-0.39, 0.29) is 11.3 Å². The van der Waals surface area contributed by atoms with Crippen molar-refractivity contribution in [1.29, 1.82) is 0 Å². The Hall–Kier alpha value is -1.77. The number of hydrogen-bond acceptors (Lipinski definition) is 6. The topological polar surface area (TPSA) is 81.1 Å². The standard InChI is InChI=1S/C16H23N5O2S/c1-21-8-12(7-19-21)15-20-13(9-24-15)14(22)18-10-16(11-23-2)3-5-17-6-4-16/h7-9,17H,3-6,10-11H2,1-2H3,(H,18,22). The van der Waals surface area contributed by atoms with Crippen molar-refractivity contribution in [3.05, 3.63) is 23.5 Å². The number of nitrogens with zero attached hydrogens (tertiary/aromatic N) is 3. The molecule has 3 heterocycles. The number of aryl methyl sites for hydroxylation is 1. The van der Waals surface area contributed by atoms with Crippen molar-refractivity contribution in [2.45, 2.75) is 12.8 Å². The highest BCUT2D eigenvalue weighted by molar-refractivity contribution is 7.13. The molecular formula is C16H23N5O2S. The summed E-state index contributed by atoms with van der Waals surface area (Å²) >= 11 is 1.46. The number of carbonyl (C=O) groups is 1. The molecule has 130 valence electrons. The normalized spacial score (nSPS) is 16.9. The Bertz CT molecular complexity index is 685. The van der Waals surface area contributed by atoms with Crippen molar-refractivity contribution in [1.82, 2.24) is 25.4 Å². The number of methoxy groups -OCH3 is 1. The van der Waals surface area contributed by atoms with Gasteiger partial charge in [-0.1, -0.05) is 0 Å². The summed E-state index contributed by atoms with van der Waals surface area (Å²) in [5, 5.41) is 13.1. The van der Waals surface area contributed by atoms with E-state index in [0.717, 1.165) is 36.5 Å². The highest BCUT2D eigenvalue weighted by Crippen LogP contribution is 2.28. The summed E-state index contributed by atoms with van der Waals surface area (Å²) in [6, 6.07) is 0. The zero-order valence-electron chi connectivity index (χ0n) is 14.0. The van der Waals surface area contributed by atoms with Crippen LogP contribution in [-0.4, -0.2) is 54.0 Å². The second-order valence-electron chi connectivity index (χ2n) is 6.31. The molecular weight excluding hydrogens is 326 g/mol. The molecule has 1 fully saturated rings. The molecule has 0 aromatic carbocycles. The van der Waals surface area contributed by atoms with Gasteiger partial charge in [-0.05, 0) is 25.9 Å². The van der Waals surface area contributed by atoms with Crippen LogP contribution in [-0.2, 0) is 11.8 Å². The summed E-state index contributed by atoms with van der Waals surface area (Å²) in [6.07, 6.45) is 5.64. The summed E-state index contributed by atoms with van der Waals surface area (Å²) in [5.74, 6) is -0.129. The molecule has 0 spiro atoms. The zero-order chi connectivity index (χ0) is 17.0. The van der Waals surface area contributed by atoms with Gasteiger partial charge in [-0.15, -0.1) is 11.3 Å². The van der Waals surface area contributed by atoms with Crippen LogP contribution in [0.15, 0.2) is 17.8 Å². The van der Waals surface area contributed by atoms with E-state index in [9.17, 15) is 4.79 Å². The number of aromatic nitrogens is 3. The van der Waals surface area contributed by atoms with E-state index in [2.05, 4.69) is 20.7 Å². The number of hydrogen-bond donors (Lipinski definition) is 2. The van der Waals surface area contributed by atoms with Crippen molar-refractivity contribution < 1.29 is 9.53 Å². The van der Waals surface area contributed by atoms with Gasteiger partial charge in [0.25, 0.3) is 5.91 Å². The lowest BCUT2D eigenvalue weighted by molar-refractivity contribution is 0.0511. The summed E-state index contributed by atoms with van der Waals surface area (Å²) in [5.41, 5.74) is 1.40. The lowest BCUT2D eigenvalue weighted by Crippen LogP contribution is -2.47. The van der Waals surface area contributed by atoms with Crippen LogP contribution in [0.3, 0.4) is 0 Å². The van der Waals surface area contributed by atoms with Gasteiger partial charge in [0.2, 0.25) is 0 Å². The Morgan fingerprint density at radius 2 is 2.29 bits per heavy atom. The SMILES string of the molecule is COCC1(CNC(=O)c2csc(-c3cnn(C)c3)n2)CCNCC1. The van der Waals surface area contributed by atoms with Crippen LogP contribution >= 0.6 is 11.3 Å². The monoisotopic (exact) mass is 349 g/mol. The molecule has 1 saturated heterocycles. The van der Waals surface area contributed by atoms with E-state index in [1.807, 2.05) is 13.2 Å². The Morgan fingerprint density at radius 3 is 2.96 bits per heavy atom. The van der Waals surface area contributed by atoms with Crippen LogP contribution in [0, 0.1) is 5.41 Å². The second-order valence-corrected chi connectivity index (χ2v) is 7.16. The quantitative estimate of drug-likeness (QED) is 0.821. The van der Waals surface area contributed by atoms with Gasteiger partial charge in [0.05, 0.1) is 12.8 Å². The number of thiazole rings is 1. The molecule has 0 unspecified atom stereocenters. The maximum absolute atomic E-state index is 12.4. The lowest BCUT2D eigenvalue weighted by Gasteiger charge is -2.37. The van der Waals surface area contributed by atoms with E-state index in [1.165, 1.54) is 11.3 Å². The molecule has 0 saturated carbocycles. The molecule has 0 aliphatic carbocycles. The van der Waals surface area contributed by atoms with Gasteiger partial charge in [-0.2, -0.15) is 5.10 Å². The largest absolute Gasteiger partial charge is 0.384 e. The van der Waals surface area contributed by atoms with Gasteiger partial charge in [0, 0.05) is 43.3 Å².